The van der Waals surface area contributed by atoms with Crippen molar-refractivity contribution in [3.63, 3.8) is 0 Å². The van der Waals surface area contributed by atoms with Crippen LogP contribution in [-0.2, 0) is 6.61 Å². The van der Waals surface area contributed by atoms with Crippen molar-refractivity contribution < 1.29 is 4.74 Å². The third-order valence-corrected chi connectivity index (χ3v) is 6.35. The molecule has 30 heavy (non-hydrogen) atoms. The molecule has 0 radical (unpaired) electrons. The summed E-state index contributed by atoms with van der Waals surface area (Å²) >= 11 is 1.81. The molecule has 1 aromatic carbocycles. The number of aromatic nitrogens is 4. The number of pyridine rings is 1. The normalized spacial score (nSPS) is 13.7. The molecule has 0 bridgehead atoms. The van der Waals surface area contributed by atoms with Gasteiger partial charge in [-0.05, 0) is 61.6 Å². The number of nitrogens with one attached hydrogen (secondary N) is 1. The average molecular weight is 420 g/mol. The molecule has 0 unspecified atom stereocenters. The molecule has 1 N–H and O–H groups in total. The van der Waals surface area contributed by atoms with Crippen molar-refractivity contribution in [1.29, 1.82) is 0 Å². The fraction of sp³-hybridized carbons (Fsp3) is 0.348. The number of benzene rings is 1. The first kappa shape index (κ1) is 20.3. The van der Waals surface area contributed by atoms with Crippen molar-refractivity contribution in [3.05, 3.63) is 59.7 Å². The van der Waals surface area contributed by atoms with Gasteiger partial charge in [-0.15, -0.1) is 10.2 Å². The molecule has 0 spiro atoms. The van der Waals surface area contributed by atoms with Crippen LogP contribution in [0.1, 0.15) is 42.6 Å². The molecule has 3 aromatic rings. The van der Waals surface area contributed by atoms with Crippen LogP contribution < -0.4 is 10.1 Å². The monoisotopic (exact) mass is 419 g/mol. The van der Waals surface area contributed by atoms with Crippen molar-refractivity contribution >= 4 is 11.8 Å². The summed E-state index contributed by atoms with van der Waals surface area (Å²) in [4.78, 5) is 4.27. The Morgan fingerprint density at radius 1 is 1.23 bits per heavy atom. The first-order valence-electron chi connectivity index (χ1n) is 10.2. The lowest BCUT2D eigenvalue weighted by atomic mass is 10.1. The largest absolute Gasteiger partial charge is 0.486 e. The Labute approximate surface area is 181 Å². The van der Waals surface area contributed by atoms with E-state index in [1.54, 1.807) is 13.2 Å². The maximum Gasteiger partial charge on any atom is 0.196 e. The summed E-state index contributed by atoms with van der Waals surface area (Å²) in [7, 11) is 1.80. The summed E-state index contributed by atoms with van der Waals surface area (Å²) < 4.78 is 8.13. The third-order valence-electron chi connectivity index (χ3n) is 5.07. The van der Waals surface area contributed by atoms with Gasteiger partial charge in [0.05, 0.1) is 11.9 Å². The molecular formula is C23H25N5OS. The van der Waals surface area contributed by atoms with E-state index in [1.165, 1.54) is 25.7 Å². The predicted molar refractivity (Wildman–Crippen MR) is 119 cm³/mol. The van der Waals surface area contributed by atoms with Gasteiger partial charge in [0.1, 0.15) is 12.4 Å². The van der Waals surface area contributed by atoms with Gasteiger partial charge >= 0.3 is 0 Å². The molecular weight excluding hydrogens is 394 g/mol. The van der Waals surface area contributed by atoms with E-state index in [0.29, 0.717) is 11.9 Å². The van der Waals surface area contributed by atoms with E-state index in [-0.39, 0.29) is 0 Å². The molecule has 4 rings (SSSR count). The second kappa shape index (κ2) is 9.68. The van der Waals surface area contributed by atoms with Gasteiger partial charge in [0.2, 0.25) is 0 Å². The molecule has 0 saturated heterocycles. The highest BCUT2D eigenvalue weighted by Gasteiger charge is 2.22. The van der Waals surface area contributed by atoms with E-state index >= 15 is 0 Å². The second-order valence-electron chi connectivity index (χ2n) is 7.24. The minimum Gasteiger partial charge on any atom is -0.486 e. The van der Waals surface area contributed by atoms with Crippen LogP contribution in [0.25, 0.3) is 5.69 Å². The zero-order valence-electron chi connectivity index (χ0n) is 17.3. The van der Waals surface area contributed by atoms with Crippen molar-refractivity contribution in [2.45, 2.75) is 49.6 Å². The Kier molecular flexibility index (Phi) is 6.55. The summed E-state index contributed by atoms with van der Waals surface area (Å²) in [5.74, 6) is 4.63. The number of ether oxygens (including phenoxy) is 1. The van der Waals surface area contributed by atoms with E-state index in [0.717, 1.165) is 33.5 Å². The van der Waals surface area contributed by atoms with E-state index in [1.807, 2.05) is 55.2 Å². The minimum absolute atomic E-state index is 0.327. The zero-order valence-corrected chi connectivity index (χ0v) is 18.1. The van der Waals surface area contributed by atoms with Crippen LogP contribution in [0.15, 0.2) is 47.9 Å². The third kappa shape index (κ3) is 4.77. The number of hydrogen-bond donors (Lipinski definition) is 1. The molecule has 0 aliphatic heterocycles. The molecule has 0 amide bonds. The maximum atomic E-state index is 6.06. The topological polar surface area (TPSA) is 64.9 Å². The second-order valence-corrected chi connectivity index (χ2v) is 8.50. The number of nitrogens with zero attached hydrogens (tertiary/aromatic N) is 4. The molecule has 2 aromatic heterocycles. The Morgan fingerprint density at radius 2 is 2.10 bits per heavy atom. The Hall–Kier alpha value is -2.98. The van der Waals surface area contributed by atoms with Crippen molar-refractivity contribution in [1.82, 2.24) is 25.1 Å². The molecule has 7 heteroatoms. The summed E-state index contributed by atoms with van der Waals surface area (Å²) in [6.07, 6.45) is 8.67. The van der Waals surface area contributed by atoms with Gasteiger partial charge in [0, 0.05) is 30.1 Å². The minimum atomic E-state index is 0.327. The SMILES string of the molecule is CNC#Cc1ccc(OCc2nnc(SC3CCCC3)n2-c2cccnc2)cc1C. The fourth-order valence-corrected chi connectivity index (χ4v) is 4.79. The van der Waals surface area contributed by atoms with Crippen molar-refractivity contribution in [3.8, 4) is 23.4 Å². The lowest BCUT2D eigenvalue weighted by Gasteiger charge is -2.13. The van der Waals surface area contributed by atoms with Gasteiger partial charge < -0.3 is 10.1 Å². The standard InChI is InChI=1S/C23H25N5OS/c1-17-14-20(10-9-18(17)11-13-24-2)29-16-22-26-27-23(30-21-7-3-4-8-21)28(22)19-6-5-12-25-15-19/h5-6,9-10,12,14-15,21,24H,3-4,7-8,16H2,1-2H3. The lowest BCUT2D eigenvalue weighted by molar-refractivity contribution is 0.292. The molecule has 6 nitrogen and oxygen atoms in total. The van der Waals surface area contributed by atoms with Gasteiger partial charge in [-0.3, -0.25) is 9.55 Å². The molecule has 1 saturated carbocycles. The van der Waals surface area contributed by atoms with Gasteiger partial charge in [0.25, 0.3) is 0 Å². The number of hydrogen-bond acceptors (Lipinski definition) is 6. The van der Waals surface area contributed by atoms with Crippen LogP contribution in [0.3, 0.4) is 0 Å². The highest BCUT2D eigenvalue weighted by Crippen LogP contribution is 2.35. The van der Waals surface area contributed by atoms with Gasteiger partial charge in [-0.25, -0.2) is 0 Å². The van der Waals surface area contributed by atoms with Crippen LogP contribution in [0.5, 0.6) is 5.75 Å². The quantitative estimate of drug-likeness (QED) is 0.479. The van der Waals surface area contributed by atoms with E-state index in [4.69, 9.17) is 4.74 Å². The smallest absolute Gasteiger partial charge is 0.196 e. The van der Waals surface area contributed by atoms with Crippen molar-refractivity contribution in [2.24, 2.45) is 0 Å². The average Bonchev–Trinajstić information content (AvgIpc) is 3.42. The van der Waals surface area contributed by atoms with E-state index in [2.05, 4.69) is 37.0 Å². The molecule has 1 aliphatic rings. The highest BCUT2D eigenvalue weighted by molar-refractivity contribution is 7.99. The van der Waals surface area contributed by atoms with Crippen LogP contribution in [0.2, 0.25) is 0 Å². The fourth-order valence-electron chi connectivity index (χ4n) is 3.51. The summed E-state index contributed by atoms with van der Waals surface area (Å²) in [6, 6.07) is 12.7. The predicted octanol–water partition coefficient (Wildman–Crippen LogP) is 4.11. The number of aryl methyl sites for hydroxylation is 1. The Bertz CT molecular complexity index is 1050. The summed E-state index contributed by atoms with van der Waals surface area (Å²) in [5.41, 5.74) is 3.00. The van der Waals surface area contributed by atoms with Crippen LogP contribution in [0.4, 0.5) is 0 Å². The number of rotatable bonds is 6. The Balaban J connectivity index is 1.55. The molecule has 154 valence electrons. The van der Waals surface area contributed by atoms with E-state index in [9.17, 15) is 0 Å². The maximum absolute atomic E-state index is 6.06. The van der Waals surface area contributed by atoms with Crippen LogP contribution in [-0.4, -0.2) is 32.0 Å². The van der Waals surface area contributed by atoms with Crippen LogP contribution >= 0.6 is 11.8 Å². The number of thioether (sulfide) groups is 1. The van der Waals surface area contributed by atoms with Crippen molar-refractivity contribution in [2.75, 3.05) is 7.05 Å². The summed E-state index contributed by atoms with van der Waals surface area (Å²) in [6.45, 7) is 2.36. The van der Waals surface area contributed by atoms with Gasteiger partial charge in [0.15, 0.2) is 11.0 Å². The lowest BCUT2D eigenvalue weighted by Crippen LogP contribution is -2.08. The van der Waals surface area contributed by atoms with Crippen LogP contribution in [0, 0.1) is 18.9 Å². The Morgan fingerprint density at radius 3 is 2.83 bits per heavy atom. The molecule has 1 fully saturated rings. The van der Waals surface area contributed by atoms with E-state index < -0.39 is 0 Å². The zero-order chi connectivity index (χ0) is 20.8. The summed E-state index contributed by atoms with van der Waals surface area (Å²) in [5, 5.41) is 13.3. The molecule has 0 atom stereocenters. The first-order valence-corrected chi connectivity index (χ1v) is 11.0. The first-order chi connectivity index (χ1) is 14.7. The molecule has 1 aliphatic carbocycles. The van der Waals surface area contributed by atoms with Gasteiger partial charge in [-0.2, -0.15) is 0 Å². The molecule has 2 heterocycles. The van der Waals surface area contributed by atoms with Gasteiger partial charge in [-0.1, -0.05) is 24.6 Å². The highest BCUT2D eigenvalue weighted by atomic mass is 32.2.